The van der Waals surface area contributed by atoms with Crippen LogP contribution in [0.15, 0.2) is 20.9 Å². The van der Waals surface area contributed by atoms with Gasteiger partial charge in [-0.05, 0) is 6.92 Å². The molecule has 68 valence electrons. The van der Waals surface area contributed by atoms with E-state index in [1.807, 2.05) is 6.92 Å². The zero-order valence-corrected chi connectivity index (χ0v) is 9.23. The van der Waals surface area contributed by atoms with Crippen LogP contribution in [0, 0.1) is 0 Å². The summed E-state index contributed by atoms with van der Waals surface area (Å²) in [6.07, 6.45) is 0. The van der Waals surface area contributed by atoms with Crippen LogP contribution >= 0.6 is 46.4 Å². The van der Waals surface area contributed by atoms with Gasteiger partial charge in [0.05, 0.1) is 16.7 Å². The highest BCUT2D eigenvalue weighted by atomic mass is 35.5. The molecule has 0 aliphatic heterocycles. The van der Waals surface area contributed by atoms with Gasteiger partial charge in [-0.1, -0.05) is 34.8 Å². The lowest BCUT2D eigenvalue weighted by Crippen LogP contribution is -2.03. The number of ether oxygens (including phenoxy) is 1. The molecule has 1 aliphatic carbocycles. The van der Waals surface area contributed by atoms with Crippen LogP contribution in [-0.2, 0) is 4.74 Å². The molecule has 0 aromatic heterocycles. The molecule has 0 fully saturated rings. The molecule has 0 heterocycles. The van der Waals surface area contributed by atoms with Crippen LogP contribution in [0.1, 0.15) is 6.92 Å². The molecule has 0 saturated carbocycles. The zero-order chi connectivity index (χ0) is 9.30. The van der Waals surface area contributed by atoms with Gasteiger partial charge in [-0.15, -0.1) is 11.6 Å². The normalized spacial score (nSPS) is 23.9. The van der Waals surface area contributed by atoms with E-state index in [1.165, 1.54) is 0 Å². The maximum absolute atomic E-state index is 5.86. The molecule has 0 bridgehead atoms. The Morgan fingerprint density at radius 2 is 1.83 bits per heavy atom. The lowest BCUT2D eigenvalue weighted by molar-refractivity contribution is 0.226. The molecule has 0 spiro atoms. The Balaban J connectivity index is 2.92. The second kappa shape index (κ2) is 4.10. The fourth-order valence-electron chi connectivity index (χ4n) is 0.843. The van der Waals surface area contributed by atoms with Gasteiger partial charge in [-0.25, -0.2) is 0 Å². The Morgan fingerprint density at radius 1 is 1.25 bits per heavy atom. The van der Waals surface area contributed by atoms with Crippen LogP contribution in [0.4, 0.5) is 0 Å². The van der Waals surface area contributed by atoms with Gasteiger partial charge < -0.3 is 4.74 Å². The average Bonchev–Trinajstić information content (AvgIpc) is 2.23. The van der Waals surface area contributed by atoms with E-state index in [0.717, 1.165) is 0 Å². The summed E-state index contributed by atoms with van der Waals surface area (Å²) in [7, 11) is 0. The second-order valence-corrected chi connectivity index (χ2v) is 3.74. The van der Waals surface area contributed by atoms with Crippen molar-refractivity contribution in [1.82, 2.24) is 0 Å². The number of hydrogen-bond donors (Lipinski definition) is 0. The molecule has 0 aromatic rings. The summed E-state index contributed by atoms with van der Waals surface area (Å²) in [5, 5.41) is 0.378. The lowest BCUT2D eigenvalue weighted by atomic mass is 10.4. The molecular weight excluding hydrogens is 242 g/mol. The van der Waals surface area contributed by atoms with Crippen molar-refractivity contribution in [3.05, 3.63) is 20.9 Å². The average molecular weight is 248 g/mol. The van der Waals surface area contributed by atoms with E-state index in [-0.39, 0.29) is 5.03 Å². The van der Waals surface area contributed by atoms with Crippen LogP contribution in [0.25, 0.3) is 0 Å². The number of hydrogen-bond acceptors (Lipinski definition) is 1. The molecule has 1 nitrogen and oxygen atoms in total. The molecular formula is C7H6Cl4O. The molecule has 0 aromatic carbocycles. The topological polar surface area (TPSA) is 9.23 Å². The van der Waals surface area contributed by atoms with Crippen molar-refractivity contribution in [3.63, 3.8) is 0 Å². The smallest absolute Gasteiger partial charge is 0.139 e. The Morgan fingerprint density at radius 3 is 2.17 bits per heavy atom. The molecule has 1 rings (SSSR count). The highest BCUT2D eigenvalue weighted by Crippen LogP contribution is 2.42. The van der Waals surface area contributed by atoms with Gasteiger partial charge in [-0.3, -0.25) is 0 Å². The van der Waals surface area contributed by atoms with Crippen molar-refractivity contribution >= 4 is 46.4 Å². The van der Waals surface area contributed by atoms with Crippen molar-refractivity contribution < 1.29 is 4.74 Å². The Bertz CT molecular complexity index is 256. The standard InChI is InChI=1S/C7H6Cl4O/c1-2-12-7-5(10)3(8)4(9)6(7)11/h5H,2H2,1H3. The van der Waals surface area contributed by atoms with E-state index >= 15 is 0 Å². The van der Waals surface area contributed by atoms with E-state index in [9.17, 15) is 0 Å². The monoisotopic (exact) mass is 246 g/mol. The maximum atomic E-state index is 5.86. The van der Waals surface area contributed by atoms with Crippen LogP contribution in [-0.4, -0.2) is 12.0 Å². The summed E-state index contributed by atoms with van der Waals surface area (Å²) in [4.78, 5) is 0. The largest absolute Gasteiger partial charge is 0.495 e. The van der Waals surface area contributed by atoms with E-state index < -0.39 is 5.38 Å². The summed E-state index contributed by atoms with van der Waals surface area (Å²) < 4.78 is 5.17. The quantitative estimate of drug-likeness (QED) is 0.675. The van der Waals surface area contributed by atoms with Crippen LogP contribution in [0.3, 0.4) is 0 Å². The predicted octanol–water partition coefficient (Wildman–Crippen LogP) is 3.78. The first-order valence-corrected chi connectivity index (χ1v) is 4.88. The third-order valence-corrected chi connectivity index (χ3v) is 3.27. The van der Waals surface area contributed by atoms with Crippen LogP contribution in [0.2, 0.25) is 0 Å². The van der Waals surface area contributed by atoms with Gasteiger partial charge in [-0.2, -0.15) is 0 Å². The minimum Gasteiger partial charge on any atom is -0.495 e. The second-order valence-electron chi connectivity index (χ2n) is 2.14. The summed E-state index contributed by atoms with van der Waals surface area (Å²) in [6, 6.07) is 0. The number of allylic oxidation sites excluding steroid dienone is 3. The van der Waals surface area contributed by atoms with Crippen molar-refractivity contribution in [3.8, 4) is 0 Å². The molecule has 0 saturated heterocycles. The number of alkyl halides is 1. The van der Waals surface area contributed by atoms with Crippen molar-refractivity contribution in [2.75, 3.05) is 6.61 Å². The first-order chi connectivity index (χ1) is 5.59. The van der Waals surface area contributed by atoms with Gasteiger partial charge >= 0.3 is 0 Å². The Hall–Kier alpha value is 0.440. The molecule has 5 heteroatoms. The van der Waals surface area contributed by atoms with Crippen molar-refractivity contribution in [1.29, 1.82) is 0 Å². The summed E-state index contributed by atoms with van der Waals surface area (Å²) in [6.45, 7) is 2.32. The van der Waals surface area contributed by atoms with E-state index in [1.54, 1.807) is 0 Å². The van der Waals surface area contributed by atoms with Crippen LogP contribution < -0.4 is 0 Å². The van der Waals surface area contributed by atoms with Gasteiger partial charge in [0.25, 0.3) is 0 Å². The third kappa shape index (κ3) is 1.69. The summed E-state index contributed by atoms with van der Waals surface area (Å²) in [5.74, 6) is 0.441. The molecule has 0 radical (unpaired) electrons. The molecule has 12 heavy (non-hydrogen) atoms. The maximum Gasteiger partial charge on any atom is 0.139 e. The fourth-order valence-corrected chi connectivity index (χ4v) is 1.95. The molecule has 0 amide bonds. The highest BCUT2D eigenvalue weighted by molar-refractivity contribution is 6.52. The SMILES string of the molecule is CCOC1=C(Cl)C(Cl)=C(Cl)C1Cl. The molecule has 1 aliphatic rings. The summed E-state index contributed by atoms with van der Waals surface area (Å²) in [5.41, 5.74) is 0. The Kier molecular flexibility index (Phi) is 3.59. The lowest BCUT2D eigenvalue weighted by Gasteiger charge is -2.08. The minimum absolute atomic E-state index is 0.279. The predicted molar refractivity (Wildman–Crippen MR) is 52.9 cm³/mol. The summed E-state index contributed by atoms with van der Waals surface area (Å²) >= 11 is 23.1. The number of halogens is 4. The fraction of sp³-hybridized carbons (Fsp3) is 0.429. The zero-order valence-electron chi connectivity index (χ0n) is 6.20. The molecule has 0 N–H and O–H groups in total. The first kappa shape index (κ1) is 10.5. The van der Waals surface area contributed by atoms with Gasteiger partial charge in [0, 0.05) is 0 Å². The van der Waals surface area contributed by atoms with Crippen molar-refractivity contribution in [2.45, 2.75) is 12.3 Å². The highest BCUT2D eigenvalue weighted by Gasteiger charge is 2.31. The number of rotatable bonds is 2. The first-order valence-electron chi connectivity index (χ1n) is 3.31. The molecule has 1 atom stereocenters. The third-order valence-electron chi connectivity index (χ3n) is 1.37. The van der Waals surface area contributed by atoms with Crippen LogP contribution in [0.5, 0.6) is 0 Å². The van der Waals surface area contributed by atoms with Gasteiger partial charge in [0.2, 0.25) is 0 Å². The van der Waals surface area contributed by atoms with Gasteiger partial charge in [0.15, 0.2) is 0 Å². The van der Waals surface area contributed by atoms with E-state index in [4.69, 9.17) is 51.1 Å². The van der Waals surface area contributed by atoms with E-state index in [0.29, 0.717) is 22.4 Å². The molecule has 1 unspecified atom stereocenters. The van der Waals surface area contributed by atoms with E-state index in [2.05, 4.69) is 0 Å². The van der Waals surface area contributed by atoms with Gasteiger partial charge in [0.1, 0.15) is 16.2 Å². The Labute approximate surface area is 90.9 Å². The van der Waals surface area contributed by atoms with Crippen molar-refractivity contribution in [2.24, 2.45) is 0 Å². The minimum atomic E-state index is -0.536.